The van der Waals surface area contributed by atoms with Gasteiger partial charge in [0, 0.05) is 22.7 Å². The lowest BCUT2D eigenvalue weighted by Gasteiger charge is -1.97. The average Bonchev–Trinajstić information content (AvgIpc) is 2.45. The normalized spacial score (nSPS) is 10.7. The van der Waals surface area contributed by atoms with Gasteiger partial charge in [-0.15, -0.1) is 0 Å². The van der Waals surface area contributed by atoms with Gasteiger partial charge in [0.25, 0.3) is 5.69 Å². The van der Waals surface area contributed by atoms with Crippen molar-refractivity contribution in [1.82, 2.24) is 0 Å². The maximum Gasteiger partial charge on any atom is 0.270 e. The molecule has 0 bridgehead atoms. The Hall–Kier alpha value is -2.46. The maximum atomic E-state index is 11.9. The van der Waals surface area contributed by atoms with Crippen LogP contribution in [-0.4, -0.2) is 10.7 Å². The molecule has 0 N–H and O–H groups in total. The lowest BCUT2D eigenvalue weighted by Crippen LogP contribution is -1.96. The summed E-state index contributed by atoms with van der Waals surface area (Å²) in [6, 6.07) is 12.7. The predicted molar refractivity (Wildman–Crippen MR) is 77.9 cm³/mol. The van der Waals surface area contributed by atoms with E-state index in [1.165, 1.54) is 30.3 Å². The van der Waals surface area contributed by atoms with E-state index in [1.54, 1.807) is 24.3 Å². The number of rotatable bonds is 4. The van der Waals surface area contributed by atoms with Gasteiger partial charge in [0.05, 0.1) is 4.92 Å². The first-order chi connectivity index (χ1) is 9.56. The fourth-order valence-corrected chi connectivity index (χ4v) is 1.85. The number of allylic oxidation sites excluding steroid dienone is 1. The van der Waals surface area contributed by atoms with Gasteiger partial charge in [-0.1, -0.05) is 41.9 Å². The van der Waals surface area contributed by atoms with Crippen LogP contribution in [0.4, 0.5) is 5.69 Å². The van der Waals surface area contributed by atoms with E-state index in [4.69, 9.17) is 11.6 Å². The highest BCUT2D eigenvalue weighted by Crippen LogP contribution is 2.15. The molecule has 0 saturated carbocycles. The molecular formula is C15H10ClNO3. The van der Waals surface area contributed by atoms with Gasteiger partial charge in [0.1, 0.15) is 0 Å². The third-order valence-corrected chi connectivity index (χ3v) is 2.85. The smallest absolute Gasteiger partial charge is 0.270 e. The van der Waals surface area contributed by atoms with E-state index in [2.05, 4.69) is 0 Å². The Bertz CT molecular complexity index is 695. The zero-order chi connectivity index (χ0) is 14.5. The van der Waals surface area contributed by atoms with Crippen LogP contribution in [0.2, 0.25) is 5.02 Å². The summed E-state index contributed by atoms with van der Waals surface area (Å²) < 4.78 is 0. The van der Waals surface area contributed by atoms with Crippen LogP contribution in [0.3, 0.4) is 0 Å². The number of carbonyl (C=O) groups is 1. The second kappa shape index (κ2) is 6.12. The maximum absolute atomic E-state index is 11.9. The Morgan fingerprint density at radius 3 is 2.60 bits per heavy atom. The molecule has 2 rings (SSSR count). The Morgan fingerprint density at radius 2 is 1.90 bits per heavy atom. The molecule has 2 aromatic carbocycles. The number of non-ortho nitro benzene ring substituents is 1. The first-order valence-corrected chi connectivity index (χ1v) is 6.16. The van der Waals surface area contributed by atoms with Crippen molar-refractivity contribution < 1.29 is 9.72 Å². The third-order valence-electron chi connectivity index (χ3n) is 2.62. The summed E-state index contributed by atoms with van der Waals surface area (Å²) in [5.74, 6) is -0.298. The SMILES string of the molecule is O=C(C=Cc1cccc(Cl)c1)c1cccc([N+](=O)[O-])c1. The highest BCUT2D eigenvalue weighted by atomic mass is 35.5. The number of hydrogen-bond acceptors (Lipinski definition) is 3. The van der Waals surface area contributed by atoms with Crippen molar-refractivity contribution in [1.29, 1.82) is 0 Å². The van der Waals surface area contributed by atoms with Gasteiger partial charge in [-0.25, -0.2) is 0 Å². The highest BCUT2D eigenvalue weighted by molar-refractivity contribution is 6.30. The van der Waals surface area contributed by atoms with E-state index in [-0.39, 0.29) is 17.0 Å². The van der Waals surface area contributed by atoms with Crippen LogP contribution in [-0.2, 0) is 0 Å². The summed E-state index contributed by atoms with van der Waals surface area (Å²) in [5.41, 5.74) is 0.959. The Morgan fingerprint density at radius 1 is 1.15 bits per heavy atom. The molecule has 0 heterocycles. The Kier molecular flexibility index (Phi) is 4.27. The molecule has 0 radical (unpaired) electrons. The number of carbonyl (C=O) groups excluding carboxylic acids is 1. The standard InChI is InChI=1S/C15H10ClNO3/c16-13-5-1-3-11(9-13)7-8-15(18)12-4-2-6-14(10-12)17(19)20/h1-10H. The van der Waals surface area contributed by atoms with Crippen LogP contribution in [0, 0.1) is 10.1 Å². The van der Waals surface area contributed by atoms with Crippen LogP contribution in [0.5, 0.6) is 0 Å². The molecule has 100 valence electrons. The Balaban J connectivity index is 2.20. The molecule has 0 aliphatic carbocycles. The zero-order valence-corrected chi connectivity index (χ0v) is 11.1. The molecule has 4 nitrogen and oxygen atoms in total. The summed E-state index contributed by atoms with van der Waals surface area (Å²) in [7, 11) is 0. The summed E-state index contributed by atoms with van der Waals surface area (Å²) in [6.07, 6.45) is 2.98. The van der Waals surface area contributed by atoms with Gasteiger partial charge in [-0.3, -0.25) is 14.9 Å². The molecule has 0 fully saturated rings. The molecule has 0 unspecified atom stereocenters. The van der Waals surface area contributed by atoms with Gasteiger partial charge in [0.15, 0.2) is 5.78 Å². The topological polar surface area (TPSA) is 60.2 Å². The molecule has 0 aromatic heterocycles. The van der Waals surface area contributed by atoms with Crippen LogP contribution in [0.15, 0.2) is 54.6 Å². The monoisotopic (exact) mass is 287 g/mol. The van der Waals surface area contributed by atoms with E-state index in [0.717, 1.165) is 5.56 Å². The molecule has 2 aromatic rings. The molecule has 0 saturated heterocycles. The number of nitrogens with zero attached hydrogens (tertiary/aromatic N) is 1. The molecule has 0 aliphatic rings. The minimum absolute atomic E-state index is 0.105. The minimum atomic E-state index is -0.530. The third kappa shape index (κ3) is 3.52. The van der Waals surface area contributed by atoms with Crippen LogP contribution in [0.25, 0.3) is 6.08 Å². The number of benzene rings is 2. The van der Waals surface area contributed by atoms with Gasteiger partial charge in [0.2, 0.25) is 0 Å². The van der Waals surface area contributed by atoms with Crippen molar-refractivity contribution in [3.8, 4) is 0 Å². The lowest BCUT2D eigenvalue weighted by molar-refractivity contribution is -0.384. The van der Waals surface area contributed by atoms with Crippen molar-refractivity contribution in [3.63, 3.8) is 0 Å². The van der Waals surface area contributed by atoms with Gasteiger partial charge < -0.3 is 0 Å². The van der Waals surface area contributed by atoms with Crippen LogP contribution < -0.4 is 0 Å². The second-order valence-electron chi connectivity index (χ2n) is 4.06. The zero-order valence-electron chi connectivity index (χ0n) is 10.3. The van der Waals surface area contributed by atoms with Crippen LogP contribution in [0.1, 0.15) is 15.9 Å². The fraction of sp³-hybridized carbons (Fsp3) is 0. The molecule has 0 aliphatic heterocycles. The van der Waals surface area contributed by atoms with Crippen molar-refractivity contribution in [2.75, 3.05) is 0 Å². The fourth-order valence-electron chi connectivity index (χ4n) is 1.65. The molecule has 0 amide bonds. The summed E-state index contributed by atoms with van der Waals surface area (Å²) >= 11 is 5.84. The summed E-state index contributed by atoms with van der Waals surface area (Å²) in [6.45, 7) is 0. The molecule has 0 atom stereocenters. The number of nitro benzene ring substituents is 1. The van der Waals surface area contributed by atoms with Crippen molar-refractivity contribution in [2.45, 2.75) is 0 Å². The van der Waals surface area contributed by atoms with E-state index in [1.807, 2.05) is 6.07 Å². The highest BCUT2D eigenvalue weighted by Gasteiger charge is 2.09. The first kappa shape index (κ1) is 14.0. The summed E-state index contributed by atoms with van der Waals surface area (Å²) in [4.78, 5) is 22.1. The first-order valence-electron chi connectivity index (χ1n) is 5.79. The van der Waals surface area contributed by atoms with E-state index in [0.29, 0.717) is 5.02 Å². The van der Waals surface area contributed by atoms with Gasteiger partial charge in [-0.05, 0) is 23.8 Å². The Labute approximate surface area is 120 Å². The second-order valence-corrected chi connectivity index (χ2v) is 4.50. The largest absolute Gasteiger partial charge is 0.289 e. The number of nitro groups is 1. The summed E-state index contributed by atoms with van der Waals surface area (Å²) in [5, 5.41) is 11.2. The van der Waals surface area contributed by atoms with E-state index >= 15 is 0 Å². The minimum Gasteiger partial charge on any atom is -0.289 e. The molecular weight excluding hydrogens is 278 g/mol. The van der Waals surface area contributed by atoms with Crippen LogP contribution >= 0.6 is 11.6 Å². The average molecular weight is 288 g/mol. The van der Waals surface area contributed by atoms with E-state index in [9.17, 15) is 14.9 Å². The lowest BCUT2D eigenvalue weighted by atomic mass is 10.1. The number of ketones is 1. The van der Waals surface area contributed by atoms with Crippen molar-refractivity contribution in [3.05, 3.63) is 80.9 Å². The van der Waals surface area contributed by atoms with Crippen molar-refractivity contribution >= 4 is 29.1 Å². The molecule has 5 heteroatoms. The predicted octanol–water partition coefficient (Wildman–Crippen LogP) is 4.14. The molecule has 20 heavy (non-hydrogen) atoms. The van der Waals surface area contributed by atoms with Crippen molar-refractivity contribution in [2.24, 2.45) is 0 Å². The van der Waals surface area contributed by atoms with E-state index < -0.39 is 4.92 Å². The number of halogens is 1. The molecule has 0 spiro atoms. The quantitative estimate of drug-likeness (QED) is 0.367. The number of hydrogen-bond donors (Lipinski definition) is 0. The van der Waals surface area contributed by atoms with Gasteiger partial charge in [-0.2, -0.15) is 0 Å². The van der Waals surface area contributed by atoms with Gasteiger partial charge >= 0.3 is 0 Å².